The van der Waals surface area contributed by atoms with Gasteiger partial charge in [-0.05, 0) is 97.8 Å². The lowest BCUT2D eigenvalue weighted by molar-refractivity contribution is -0.138. The van der Waals surface area contributed by atoms with Crippen LogP contribution >= 0.6 is 0 Å². The predicted octanol–water partition coefficient (Wildman–Crippen LogP) is 7.92. The molecule has 284 valence electrons. The molecule has 3 aromatic carbocycles. The van der Waals surface area contributed by atoms with Gasteiger partial charge in [-0.15, -0.1) is 0 Å². The highest BCUT2D eigenvalue weighted by molar-refractivity contribution is 5.92. The Morgan fingerprint density at radius 2 is 0.852 bits per heavy atom. The van der Waals surface area contributed by atoms with Gasteiger partial charge in [-0.25, -0.2) is 24.0 Å². The first kappa shape index (κ1) is 43.5. The Morgan fingerprint density at radius 1 is 0.500 bits per heavy atom. The van der Waals surface area contributed by atoms with Crippen LogP contribution in [0.5, 0.6) is 17.2 Å². The number of hydrogen-bond donors (Lipinski definition) is 0. The van der Waals surface area contributed by atoms with Crippen molar-refractivity contribution in [2.24, 2.45) is 0 Å². The summed E-state index contributed by atoms with van der Waals surface area (Å²) < 4.78 is 36.8. The summed E-state index contributed by atoms with van der Waals surface area (Å²) in [5.41, 5.74) is 0.713. The fraction of sp³-hybridized carbons (Fsp3) is 0.214. The molecule has 0 bridgehead atoms. The average molecular weight is 741 g/mol. The molecule has 0 spiro atoms. The van der Waals surface area contributed by atoms with Crippen molar-refractivity contribution < 1.29 is 57.1 Å². The Kier molecular flexibility index (Phi) is 19.7. The maximum Gasteiger partial charge on any atom is 0.343 e. The fourth-order valence-corrected chi connectivity index (χ4v) is 3.92. The predicted molar refractivity (Wildman–Crippen MR) is 201 cm³/mol. The number of carbonyl (C=O) groups excluding carboxylic acids is 5. The smallest absolute Gasteiger partial charge is 0.343 e. The van der Waals surface area contributed by atoms with Crippen LogP contribution in [0.4, 0.5) is 0 Å². The van der Waals surface area contributed by atoms with Gasteiger partial charge in [0.15, 0.2) is 0 Å². The lowest BCUT2D eigenvalue weighted by Crippen LogP contribution is -2.09. The van der Waals surface area contributed by atoms with Crippen LogP contribution in [0.25, 0.3) is 0 Å². The van der Waals surface area contributed by atoms with Crippen LogP contribution in [0.1, 0.15) is 64.2 Å². The Hall–Kier alpha value is -6.69. The van der Waals surface area contributed by atoms with Gasteiger partial charge >= 0.3 is 29.8 Å². The van der Waals surface area contributed by atoms with E-state index in [1.165, 1.54) is 36.4 Å². The van der Waals surface area contributed by atoms with Gasteiger partial charge in [-0.2, -0.15) is 0 Å². The summed E-state index contributed by atoms with van der Waals surface area (Å²) in [5, 5.41) is 0. The van der Waals surface area contributed by atoms with E-state index in [0.29, 0.717) is 44.0 Å². The number of ether oxygens (including phenoxy) is 7. The standard InChI is InChI=1S/C40H38O12.C2H6/c1-5-36(41)48-25-8-7-24-46-33-18-12-30(13-19-33)38(43)50-28(3)10-11-29(4)51-39(44)31-16-22-35(23-17-31)52-40(45)32-14-20-34(21-15-32)47-26-9-27-49-37(42)6-2;1-2/h5-6,10-23H,1-4,7-9,24-27H2;1-2H3/b11-10-;. The third kappa shape index (κ3) is 16.6. The Labute approximate surface area is 314 Å². The molecule has 0 heterocycles. The van der Waals surface area contributed by atoms with Gasteiger partial charge in [0.2, 0.25) is 0 Å². The third-order valence-electron chi connectivity index (χ3n) is 6.57. The molecule has 0 aliphatic rings. The highest BCUT2D eigenvalue weighted by atomic mass is 16.6. The van der Waals surface area contributed by atoms with Gasteiger partial charge in [-0.3, -0.25) is 0 Å². The van der Waals surface area contributed by atoms with E-state index >= 15 is 0 Å². The number of esters is 5. The van der Waals surface area contributed by atoms with Crippen molar-refractivity contribution >= 4 is 29.8 Å². The molecule has 12 heteroatoms. The third-order valence-corrected chi connectivity index (χ3v) is 6.57. The monoisotopic (exact) mass is 740 g/mol. The van der Waals surface area contributed by atoms with Gasteiger partial charge < -0.3 is 33.2 Å². The van der Waals surface area contributed by atoms with Crippen LogP contribution in [-0.4, -0.2) is 56.3 Å². The summed E-state index contributed by atoms with van der Waals surface area (Å²) in [7, 11) is 0. The van der Waals surface area contributed by atoms with Crippen molar-refractivity contribution in [3.8, 4) is 17.2 Å². The van der Waals surface area contributed by atoms with Crippen LogP contribution in [0.3, 0.4) is 0 Å². The normalized spacial score (nSPS) is 10.0. The minimum absolute atomic E-state index is 0.0169. The molecular weight excluding hydrogens is 696 g/mol. The first-order chi connectivity index (χ1) is 26.1. The highest BCUT2D eigenvalue weighted by Gasteiger charge is 2.13. The summed E-state index contributed by atoms with van der Waals surface area (Å²) in [6.45, 7) is 19.2. The number of allylic oxidation sites excluding steroid dienone is 2. The average Bonchev–Trinajstić information content (AvgIpc) is 3.19. The van der Waals surface area contributed by atoms with Gasteiger partial charge in [0, 0.05) is 18.6 Å². The second kappa shape index (κ2) is 24.5. The molecule has 0 fully saturated rings. The van der Waals surface area contributed by atoms with Gasteiger partial charge in [0.25, 0.3) is 0 Å². The quantitative estimate of drug-likeness (QED) is 0.0199. The lowest BCUT2D eigenvalue weighted by atomic mass is 10.2. The molecule has 3 rings (SSSR count). The summed E-state index contributed by atoms with van der Waals surface area (Å²) in [6.07, 6.45) is 6.62. The second-order valence-electron chi connectivity index (χ2n) is 10.5. The maximum atomic E-state index is 12.6. The minimum atomic E-state index is -0.719. The summed E-state index contributed by atoms with van der Waals surface area (Å²) in [6, 6.07) is 18.4. The van der Waals surface area contributed by atoms with Crippen molar-refractivity contribution in [1.29, 1.82) is 0 Å². The van der Waals surface area contributed by atoms with Crippen LogP contribution in [0, 0.1) is 0 Å². The van der Waals surface area contributed by atoms with Crippen molar-refractivity contribution in [1.82, 2.24) is 0 Å². The zero-order chi connectivity index (χ0) is 39.7. The van der Waals surface area contributed by atoms with Crippen molar-refractivity contribution in [3.63, 3.8) is 0 Å². The van der Waals surface area contributed by atoms with E-state index in [1.807, 2.05) is 13.8 Å². The number of rotatable bonds is 21. The van der Waals surface area contributed by atoms with E-state index in [9.17, 15) is 24.0 Å². The maximum absolute atomic E-state index is 12.6. The molecule has 0 saturated carbocycles. The molecule has 54 heavy (non-hydrogen) atoms. The SMILES string of the molecule is C=CC(=O)OCCCCOc1ccc(C(=O)OC(=C)/C=C\C(=C)OC(=O)c2ccc(OC(=O)c3ccc(OCCCOC(=O)C=C)cc3)cc2)cc1.CC. The largest absolute Gasteiger partial charge is 0.494 e. The highest BCUT2D eigenvalue weighted by Crippen LogP contribution is 2.19. The first-order valence-electron chi connectivity index (χ1n) is 16.9. The zero-order valence-electron chi connectivity index (χ0n) is 30.4. The molecule has 0 radical (unpaired) electrons. The number of carbonyl (C=O) groups is 5. The van der Waals surface area contributed by atoms with E-state index < -0.39 is 29.8 Å². The fourth-order valence-electron chi connectivity index (χ4n) is 3.92. The topological polar surface area (TPSA) is 150 Å². The van der Waals surface area contributed by atoms with Crippen LogP contribution in [-0.2, 0) is 28.5 Å². The molecule has 0 unspecified atom stereocenters. The summed E-state index contributed by atoms with van der Waals surface area (Å²) in [5.74, 6) is -1.72. The Bertz CT molecular complexity index is 1770. The molecular formula is C42H44O12. The molecule has 0 aromatic heterocycles. The molecule has 3 aromatic rings. The molecule has 0 saturated heterocycles. The van der Waals surface area contributed by atoms with Crippen molar-refractivity contribution in [2.75, 3.05) is 26.4 Å². The van der Waals surface area contributed by atoms with Crippen molar-refractivity contribution in [2.45, 2.75) is 33.1 Å². The van der Waals surface area contributed by atoms with Crippen molar-refractivity contribution in [3.05, 3.63) is 152 Å². The van der Waals surface area contributed by atoms with Crippen LogP contribution < -0.4 is 14.2 Å². The van der Waals surface area contributed by atoms with E-state index in [4.69, 9.17) is 33.2 Å². The lowest BCUT2D eigenvalue weighted by Gasteiger charge is -2.09. The van der Waals surface area contributed by atoms with E-state index in [0.717, 1.165) is 12.2 Å². The minimum Gasteiger partial charge on any atom is -0.494 e. The molecule has 0 amide bonds. The summed E-state index contributed by atoms with van der Waals surface area (Å²) >= 11 is 0. The van der Waals surface area contributed by atoms with Crippen LogP contribution in [0.15, 0.2) is 135 Å². The molecule has 0 atom stereocenters. The zero-order valence-corrected chi connectivity index (χ0v) is 30.4. The molecule has 0 N–H and O–H groups in total. The Balaban J connectivity index is 0.00000495. The summed E-state index contributed by atoms with van der Waals surface area (Å²) in [4.78, 5) is 59.7. The Morgan fingerprint density at radius 3 is 1.28 bits per heavy atom. The van der Waals surface area contributed by atoms with E-state index in [1.54, 1.807) is 48.5 Å². The van der Waals surface area contributed by atoms with Gasteiger partial charge in [0.1, 0.15) is 28.8 Å². The second-order valence-corrected chi connectivity index (χ2v) is 10.5. The number of hydrogen-bond acceptors (Lipinski definition) is 12. The molecule has 0 aliphatic carbocycles. The molecule has 12 nitrogen and oxygen atoms in total. The van der Waals surface area contributed by atoms with Crippen LogP contribution in [0.2, 0.25) is 0 Å². The van der Waals surface area contributed by atoms with Gasteiger partial charge in [-0.1, -0.05) is 40.2 Å². The molecule has 0 aliphatic heterocycles. The number of benzene rings is 3. The van der Waals surface area contributed by atoms with E-state index in [2.05, 4.69) is 26.3 Å². The van der Waals surface area contributed by atoms with E-state index in [-0.39, 0.29) is 47.2 Å². The van der Waals surface area contributed by atoms with Gasteiger partial charge in [0.05, 0.1) is 43.1 Å². The first-order valence-corrected chi connectivity index (χ1v) is 16.9. The number of unbranched alkanes of at least 4 members (excludes halogenated alkanes) is 1.